The minimum atomic E-state index is -1.06. The number of fused-ring (bicyclic) bond motifs is 1. The molecule has 3 heterocycles. The molecule has 43 heavy (non-hydrogen) atoms. The normalized spacial score (nSPS) is 18.5. The summed E-state index contributed by atoms with van der Waals surface area (Å²) in [6.45, 7) is 11.1. The monoisotopic (exact) mass is 589 g/mol. The molecule has 3 aromatic rings. The molecular weight excluding hydrogens is 542 g/mol. The first-order valence-electron chi connectivity index (χ1n) is 15.8. The fourth-order valence-electron chi connectivity index (χ4n) is 6.23. The Morgan fingerprint density at radius 2 is 1.72 bits per heavy atom. The molecule has 0 saturated carbocycles. The maximum Gasteiger partial charge on any atom is 0.261 e. The van der Waals surface area contributed by atoms with Gasteiger partial charge >= 0.3 is 0 Å². The second-order valence-electron chi connectivity index (χ2n) is 12.3. The van der Waals surface area contributed by atoms with E-state index in [1.54, 1.807) is 0 Å². The third-order valence-corrected chi connectivity index (χ3v) is 9.09. The summed E-state index contributed by atoms with van der Waals surface area (Å²) in [6, 6.07) is 15.7. The average molecular weight is 590 g/mol. The first-order valence-corrected chi connectivity index (χ1v) is 15.8. The predicted molar refractivity (Wildman–Crippen MR) is 171 cm³/mol. The van der Waals surface area contributed by atoms with Gasteiger partial charge in [0.1, 0.15) is 0 Å². The van der Waals surface area contributed by atoms with E-state index in [9.17, 15) is 14.7 Å². The Balaban J connectivity index is 1.10. The first kappa shape index (κ1) is 31.1. The Bertz CT molecular complexity index is 1400. The fraction of sp³-hybridized carbons (Fsp3) is 0.545. The number of benzene rings is 2. The molecule has 0 radical (unpaired) electrons. The second-order valence-corrected chi connectivity index (χ2v) is 12.3. The zero-order chi connectivity index (χ0) is 30.2. The molecule has 1 aromatic heterocycles. The van der Waals surface area contributed by atoms with Crippen LogP contribution in [0.5, 0.6) is 0 Å². The van der Waals surface area contributed by atoms with Crippen molar-refractivity contribution in [3.05, 3.63) is 70.8 Å². The Hall–Kier alpha value is -3.31. The molecule has 2 aliphatic rings. The SMILES string of the molecule is C[C@H](CC(=O)N1CCC(O)(Cn2cnc3cc(NCCN4CCN(CCCN)CC4)ccc3c2=O)CC1)c1ccccc1. The zero-order valence-electron chi connectivity index (χ0n) is 25.5. The lowest BCUT2D eigenvalue weighted by Crippen LogP contribution is -2.49. The van der Waals surface area contributed by atoms with Crippen LogP contribution in [0.15, 0.2) is 59.7 Å². The number of anilines is 1. The van der Waals surface area contributed by atoms with E-state index in [2.05, 4.69) is 39.2 Å². The van der Waals surface area contributed by atoms with Gasteiger partial charge in [-0.3, -0.25) is 19.1 Å². The van der Waals surface area contributed by atoms with Gasteiger partial charge in [0.05, 0.1) is 29.4 Å². The molecule has 1 amide bonds. The second kappa shape index (κ2) is 14.4. The number of rotatable bonds is 12. The van der Waals surface area contributed by atoms with Gasteiger partial charge < -0.3 is 26.0 Å². The molecule has 2 aromatic carbocycles. The van der Waals surface area contributed by atoms with Gasteiger partial charge in [0.25, 0.3) is 5.56 Å². The van der Waals surface area contributed by atoms with Gasteiger partial charge in [-0.2, -0.15) is 0 Å². The summed E-state index contributed by atoms with van der Waals surface area (Å²) in [6.07, 6.45) is 3.89. The predicted octanol–water partition coefficient (Wildman–Crippen LogP) is 2.32. The largest absolute Gasteiger partial charge is 0.388 e. The summed E-state index contributed by atoms with van der Waals surface area (Å²) in [4.78, 5) is 37.6. The number of piperidine rings is 1. The smallest absolute Gasteiger partial charge is 0.261 e. The van der Waals surface area contributed by atoms with Crippen LogP contribution in [0.2, 0.25) is 0 Å². The van der Waals surface area contributed by atoms with Crippen molar-refractivity contribution in [1.82, 2.24) is 24.3 Å². The van der Waals surface area contributed by atoms with Crippen molar-refractivity contribution in [3.63, 3.8) is 0 Å². The average Bonchev–Trinajstić information content (AvgIpc) is 3.02. The minimum absolute atomic E-state index is 0.105. The van der Waals surface area contributed by atoms with Crippen molar-refractivity contribution in [1.29, 1.82) is 0 Å². The standard InChI is InChI=1S/C33H47N7O3/c1-26(27-6-3-2-4-7-27)22-31(41)39-15-10-33(43,11-16-39)24-40-25-36-30-23-28(8-9-29(30)32(40)42)35-13-17-38-20-18-37(19-21-38)14-5-12-34/h2-4,6-9,23,25-26,35,43H,5,10-22,24,34H2,1H3/t26-/m1/s1. The molecule has 4 N–H and O–H groups in total. The van der Waals surface area contributed by atoms with Crippen molar-refractivity contribution in [2.75, 3.05) is 70.8 Å². The van der Waals surface area contributed by atoms with Crippen LogP contribution in [0.25, 0.3) is 10.9 Å². The molecule has 2 aliphatic heterocycles. The van der Waals surface area contributed by atoms with Crippen LogP contribution in [0, 0.1) is 0 Å². The van der Waals surface area contributed by atoms with Gasteiger partial charge in [0.15, 0.2) is 0 Å². The number of carbonyl (C=O) groups is 1. The number of amides is 1. The lowest BCUT2D eigenvalue weighted by molar-refractivity contribution is -0.136. The molecule has 10 heteroatoms. The lowest BCUT2D eigenvalue weighted by Gasteiger charge is -2.38. The van der Waals surface area contributed by atoms with Gasteiger partial charge in [-0.15, -0.1) is 0 Å². The summed E-state index contributed by atoms with van der Waals surface area (Å²) < 4.78 is 1.51. The van der Waals surface area contributed by atoms with Crippen LogP contribution in [0.4, 0.5) is 5.69 Å². The number of hydrogen-bond donors (Lipinski definition) is 3. The number of aromatic nitrogens is 2. The molecule has 2 saturated heterocycles. The third kappa shape index (κ3) is 8.20. The van der Waals surface area contributed by atoms with Crippen LogP contribution in [-0.2, 0) is 11.3 Å². The minimum Gasteiger partial charge on any atom is -0.388 e. The van der Waals surface area contributed by atoms with E-state index in [-0.39, 0.29) is 23.9 Å². The van der Waals surface area contributed by atoms with E-state index in [1.165, 1.54) is 10.9 Å². The molecular formula is C33H47N7O3. The summed E-state index contributed by atoms with van der Waals surface area (Å²) in [5.41, 5.74) is 7.15. The van der Waals surface area contributed by atoms with Crippen LogP contribution < -0.4 is 16.6 Å². The van der Waals surface area contributed by atoms with E-state index < -0.39 is 5.60 Å². The number of nitrogens with zero attached hydrogens (tertiary/aromatic N) is 5. The van der Waals surface area contributed by atoms with Gasteiger partial charge in [0, 0.05) is 64.5 Å². The highest BCUT2D eigenvalue weighted by molar-refractivity contribution is 5.81. The number of nitrogens with two attached hydrogens (primary N) is 1. The van der Waals surface area contributed by atoms with Crippen molar-refractivity contribution in [2.24, 2.45) is 5.73 Å². The van der Waals surface area contributed by atoms with Gasteiger partial charge in [-0.1, -0.05) is 37.3 Å². The van der Waals surface area contributed by atoms with Crippen molar-refractivity contribution < 1.29 is 9.90 Å². The molecule has 5 rings (SSSR count). The Morgan fingerprint density at radius 3 is 2.42 bits per heavy atom. The lowest BCUT2D eigenvalue weighted by atomic mass is 9.90. The molecule has 0 aliphatic carbocycles. The third-order valence-electron chi connectivity index (χ3n) is 9.09. The Morgan fingerprint density at radius 1 is 1.02 bits per heavy atom. The van der Waals surface area contributed by atoms with Crippen LogP contribution in [-0.4, -0.2) is 106 Å². The number of likely N-dealkylation sites (tertiary alicyclic amines) is 1. The van der Waals surface area contributed by atoms with Gasteiger partial charge in [-0.25, -0.2) is 4.98 Å². The highest BCUT2D eigenvalue weighted by atomic mass is 16.3. The Kier molecular flexibility index (Phi) is 10.5. The fourth-order valence-corrected chi connectivity index (χ4v) is 6.23. The summed E-state index contributed by atoms with van der Waals surface area (Å²) in [7, 11) is 0. The van der Waals surface area contributed by atoms with Crippen LogP contribution in [0.3, 0.4) is 0 Å². The molecule has 0 unspecified atom stereocenters. The maximum atomic E-state index is 13.3. The molecule has 0 spiro atoms. The molecule has 232 valence electrons. The highest BCUT2D eigenvalue weighted by Gasteiger charge is 2.35. The number of carbonyl (C=O) groups excluding carboxylic acids is 1. The summed E-state index contributed by atoms with van der Waals surface area (Å²) in [5, 5.41) is 15.3. The molecule has 1 atom stereocenters. The van der Waals surface area contributed by atoms with E-state index in [4.69, 9.17) is 5.73 Å². The van der Waals surface area contributed by atoms with Crippen molar-refractivity contribution in [2.45, 2.75) is 50.7 Å². The topological polar surface area (TPSA) is 120 Å². The molecule has 2 fully saturated rings. The molecule has 0 bridgehead atoms. The first-order chi connectivity index (χ1) is 20.8. The highest BCUT2D eigenvalue weighted by Crippen LogP contribution is 2.26. The quantitative estimate of drug-likeness (QED) is 0.295. The number of aliphatic hydroxyl groups is 1. The van der Waals surface area contributed by atoms with E-state index in [0.717, 1.165) is 70.0 Å². The van der Waals surface area contributed by atoms with E-state index >= 15 is 0 Å². The summed E-state index contributed by atoms with van der Waals surface area (Å²) >= 11 is 0. The van der Waals surface area contributed by atoms with Crippen LogP contribution in [0.1, 0.15) is 44.1 Å². The Labute approximate surface area is 254 Å². The van der Waals surface area contributed by atoms with E-state index in [0.29, 0.717) is 43.3 Å². The van der Waals surface area contributed by atoms with Crippen molar-refractivity contribution >= 4 is 22.5 Å². The van der Waals surface area contributed by atoms with Gasteiger partial charge in [-0.05, 0) is 62.0 Å². The summed E-state index contributed by atoms with van der Waals surface area (Å²) in [5.74, 6) is 0.244. The zero-order valence-corrected chi connectivity index (χ0v) is 25.5. The van der Waals surface area contributed by atoms with E-state index in [1.807, 2.05) is 41.3 Å². The maximum absolute atomic E-state index is 13.3. The number of nitrogens with one attached hydrogen (secondary N) is 1. The van der Waals surface area contributed by atoms with Crippen LogP contribution >= 0.6 is 0 Å². The van der Waals surface area contributed by atoms with Gasteiger partial charge in [0.2, 0.25) is 5.91 Å². The number of piperazine rings is 1. The van der Waals surface area contributed by atoms with Crippen molar-refractivity contribution in [3.8, 4) is 0 Å². The number of hydrogen-bond acceptors (Lipinski definition) is 8. The molecule has 10 nitrogen and oxygen atoms in total.